The Morgan fingerprint density at radius 1 is 0.973 bits per heavy atom. The third-order valence-corrected chi connectivity index (χ3v) is 7.31. The number of hydrogen-bond acceptors (Lipinski definition) is 5. The van der Waals surface area contributed by atoms with Crippen molar-refractivity contribution in [2.75, 3.05) is 17.1 Å². The number of amides is 2. The van der Waals surface area contributed by atoms with Crippen LogP contribution in [0.1, 0.15) is 37.9 Å². The monoisotopic (exact) mass is 566 g/mol. The predicted octanol–water partition coefficient (Wildman–Crippen LogP) is 5.57. The van der Waals surface area contributed by atoms with Crippen LogP contribution in [-0.2, 0) is 16.4 Å². The van der Waals surface area contributed by atoms with Gasteiger partial charge in [0.25, 0.3) is 10.0 Å². The Morgan fingerprint density at radius 2 is 1.54 bits per heavy atom. The summed E-state index contributed by atoms with van der Waals surface area (Å²) in [6.07, 6.45) is 0.674. The molecular weight excluding hydrogens is 535 g/mol. The lowest BCUT2D eigenvalue weighted by molar-refractivity contribution is 0.249. The summed E-state index contributed by atoms with van der Waals surface area (Å²) in [5.74, 6) is 0. The third kappa shape index (κ3) is 9.21. The molecule has 0 aromatic heterocycles. The molecule has 0 heterocycles. The molecule has 0 unspecified atom stereocenters. The number of nitrogens with one attached hydrogen (secondary N) is 3. The van der Waals surface area contributed by atoms with Gasteiger partial charge in [0.1, 0.15) is 0 Å². The highest BCUT2D eigenvalue weighted by Gasteiger charge is 2.17. The Labute approximate surface area is 228 Å². The van der Waals surface area contributed by atoms with Crippen molar-refractivity contribution in [3.05, 3.63) is 87.9 Å². The lowest BCUT2D eigenvalue weighted by Gasteiger charge is -2.18. The molecule has 3 aromatic carbocycles. The van der Waals surface area contributed by atoms with Crippen LogP contribution in [-0.4, -0.2) is 32.2 Å². The maximum Gasteiger partial charge on any atom is 0.319 e. The summed E-state index contributed by atoms with van der Waals surface area (Å²) in [5.41, 5.74) is 8.25. The van der Waals surface area contributed by atoms with Crippen LogP contribution in [0, 0.1) is 0 Å². The van der Waals surface area contributed by atoms with E-state index in [1.165, 1.54) is 24.3 Å². The first-order valence-electron chi connectivity index (χ1n) is 11.3. The van der Waals surface area contributed by atoms with Crippen LogP contribution in [0.25, 0.3) is 0 Å². The highest BCUT2D eigenvalue weighted by atomic mass is 35.5. The second-order valence-corrected chi connectivity index (χ2v) is 11.4. The van der Waals surface area contributed by atoms with E-state index in [0.717, 1.165) is 12.7 Å². The number of carbonyl (C=O) groups excluding carboxylic acids is 1. The molecule has 0 aliphatic carbocycles. The van der Waals surface area contributed by atoms with E-state index in [1.54, 1.807) is 37.3 Å². The molecule has 11 heteroatoms. The zero-order valence-electron chi connectivity index (χ0n) is 21.0. The molecule has 0 spiro atoms. The number of nitrogens with two attached hydrogens (primary N) is 1. The molecule has 6 N–H and O–H groups in total. The minimum Gasteiger partial charge on any atom is -0.400 e. The van der Waals surface area contributed by atoms with E-state index < -0.39 is 22.1 Å². The van der Waals surface area contributed by atoms with Gasteiger partial charge in [0.05, 0.1) is 21.0 Å². The van der Waals surface area contributed by atoms with Crippen molar-refractivity contribution < 1.29 is 18.3 Å². The van der Waals surface area contributed by atoms with Crippen LogP contribution in [0.15, 0.2) is 71.6 Å². The summed E-state index contributed by atoms with van der Waals surface area (Å²) in [7, 11) is -2.80. The SMILES string of the molecule is CO.C[C@H](NC(=O)Nc1ccc(S(=O)(=O)Nc2ccc(CC(C)(C)N)cc2)cc1)c1cccc(Cl)c1Cl. The van der Waals surface area contributed by atoms with Gasteiger partial charge in [-0.05, 0) is 80.8 Å². The number of sulfonamides is 1. The maximum atomic E-state index is 12.8. The molecule has 200 valence electrons. The molecular formula is C26H32Cl2N4O4S. The molecule has 0 saturated carbocycles. The second kappa shape index (κ2) is 13.1. The van der Waals surface area contributed by atoms with E-state index in [0.29, 0.717) is 33.4 Å². The van der Waals surface area contributed by atoms with Crippen molar-refractivity contribution in [2.45, 2.75) is 43.7 Å². The summed E-state index contributed by atoms with van der Waals surface area (Å²) >= 11 is 12.2. The van der Waals surface area contributed by atoms with E-state index in [9.17, 15) is 13.2 Å². The second-order valence-electron chi connectivity index (χ2n) is 8.96. The molecule has 3 aromatic rings. The highest BCUT2D eigenvalue weighted by molar-refractivity contribution is 7.92. The largest absolute Gasteiger partial charge is 0.400 e. The third-order valence-electron chi connectivity index (χ3n) is 5.08. The summed E-state index contributed by atoms with van der Waals surface area (Å²) < 4.78 is 28.1. The normalized spacial score (nSPS) is 12.1. The highest BCUT2D eigenvalue weighted by Crippen LogP contribution is 2.29. The number of hydrogen-bond donors (Lipinski definition) is 5. The minimum absolute atomic E-state index is 0.0645. The van der Waals surface area contributed by atoms with Crippen LogP contribution in [0.4, 0.5) is 16.2 Å². The lowest BCUT2D eigenvalue weighted by Crippen LogP contribution is -2.34. The average molecular weight is 568 g/mol. The summed E-state index contributed by atoms with van der Waals surface area (Å²) in [6, 6.07) is 17.3. The van der Waals surface area contributed by atoms with Gasteiger partial charge in [-0.25, -0.2) is 13.2 Å². The molecule has 3 rings (SSSR count). The predicted molar refractivity (Wildman–Crippen MR) is 151 cm³/mol. The Hall–Kier alpha value is -2.82. The van der Waals surface area contributed by atoms with Crippen molar-refractivity contribution in [2.24, 2.45) is 5.73 Å². The zero-order valence-corrected chi connectivity index (χ0v) is 23.4. The first kappa shape index (κ1) is 30.4. The summed E-state index contributed by atoms with van der Waals surface area (Å²) in [5, 5.41) is 13.2. The number of benzene rings is 3. The van der Waals surface area contributed by atoms with E-state index >= 15 is 0 Å². The number of urea groups is 1. The maximum absolute atomic E-state index is 12.8. The van der Waals surface area contributed by atoms with Gasteiger partial charge in [0.2, 0.25) is 0 Å². The molecule has 0 bridgehead atoms. The molecule has 0 aliphatic rings. The van der Waals surface area contributed by atoms with Crippen LogP contribution >= 0.6 is 23.2 Å². The van der Waals surface area contributed by atoms with Gasteiger partial charge in [-0.15, -0.1) is 0 Å². The van der Waals surface area contributed by atoms with Crippen molar-refractivity contribution in [3.63, 3.8) is 0 Å². The number of aliphatic hydroxyl groups excluding tert-OH is 1. The van der Waals surface area contributed by atoms with E-state index in [1.807, 2.05) is 26.0 Å². The molecule has 37 heavy (non-hydrogen) atoms. The first-order chi connectivity index (χ1) is 17.3. The van der Waals surface area contributed by atoms with Gasteiger partial charge in [0.15, 0.2) is 0 Å². The average Bonchev–Trinajstić information content (AvgIpc) is 2.82. The lowest BCUT2D eigenvalue weighted by atomic mass is 9.96. The van der Waals surface area contributed by atoms with Gasteiger partial charge < -0.3 is 21.5 Å². The smallest absolute Gasteiger partial charge is 0.319 e. The van der Waals surface area contributed by atoms with Gasteiger partial charge >= 0.3 is 6.03 Å². The van der Waals surface area contributed by atoms with Crippen molar-refractivity contribution in [1.29, 1.82) is 0 Å². The molecule has 0 radical (unpaired) electrons. The number of anilines is 2. The number of carbonyl (C=O) groups is 1. The van der Waals surface area contributed by atoms with Gasteiger partial charge in [-0.2, -0.15) is 0 Å². The standard InChI is InChI=1S/C25H28Cl2N4O3S.CH4O/c1-16(21-5-4-6-22(26)23(21)27)29-24(32)30-18-11-13-20(14-12-18)35(33,34)31-19-9-7-17(8-10-19)15-25(2,3)28;1-2/h4-14,16,31H,15,28H2,1-3H3,(H2,29,30,32);2H,1H3/t16-;/m0./s1. The Morgan fingerprint density at radius 3 is 2.11 bits per heavy atom. The molecule has 2 amide bonds. The van der Waals surface area contributed by atoms with Gasteiger partial charge in [0, 0.05) is 24.0 Å². The van der Waals surface area contributed by atoms with Crippen LogP contribution in [0.5, 0.6) is 0 Å². The number of rotatable bonds is 8. The first-order valence-corrected chi connectivity index (χ1v) is 13.5. The Kier molecular flexibility index (Phi) is 10.8. The fourth-order valence-corrected chi connectivity index (χ4v) is 4.97. The quantitative estimate of drug-likeness (QED) is 0.243. The molecule has 1 atom stereocenters. The van der Waals surface area contributed by atoms with Gasteiger partial charge in [-0.3, -0.25) is 4.72 Å². The van der Waals surface area contributed by atoms with Crippen molar-refractivity contribution in [1.82, 2.24) is 5.32 Å². The van der Waals surface area contributed by atoms with E-state index in [-0.39, 0.29) is 10.4 Å². The van der Waals surface area contributed by atoms with Crippen LogP contribution < -0.4 is 21.1 Å². The van der Waals surface area contributed by atoms with Crippen LogP contribution in [0.2, 0.25) is 10.0 Å². The Bertz CT molecular complexity index is 1290. The molecule has 0 aliphatic heterocycles. The van der Waals surface area contributed by atoms with E-state index in [4.69, 9.17) is 34.0 Å². The fraction of sp³-hybridized carbons (Fsp3) is 0.269. The van der Waals surface area contributed by atoms with Gasteiger partial charge in [-0.1, -0.05) is 47.5 Å². The Balaban J connectivity index is 0.00000235. The minimum atomic E-state index is -3.80. The number of aliphatic hydroxyl groups is 1. The summed E-state index contributed by atoms with van der Waals surface area (Å²) in [6.45, 7) is 5.64. The number of halogens is 2. The molecule has 8 nitrogen and oxygen atoms in total. The molecule has 0 fully saturated rings. The topological polar surface area (TPSA) is 134 Å². The van der Waals surface area contributed by atoms with Crippen LogP contribution in [0.3, 0.4) is 0 Å². The zero-order chi connectivity index (χ0) is 27.8. The summed E-state index contributed by atoms with van der Waals surface area (Å²) in [4.78, 5) is 12.5. The van der Waals surface area contributed by atoms with Crippen molar-refractivity contribution >= 4 is 50.6 Å². The fourth-order valence-electron chi connectivity index (χ4n) is 3.44. The van der Waals surface area contributed by atoms with E-state index in [2.05, 4.69) is 15.4 Å². The van der Waals surface area contributed by atoms with Crippen molar-refractivity contribution in [3.8, 4) is 0 Å². The molecule has 0 saturated heterocycles.